The van der Waals surface area contributed by atoms with Gasteiger partial charge in [0.25, 0.3) is 0 Å². The van der Waals surface area contributed by atoms with E-state index >= 15 is 0 Å². The fourth-order valence-electron chi connectivity index (χ4n) is 6.30. The number of anilines is 5. The van der Waals surface area contributed by atoms with Crippen LogP contribution in [-0.4, -0.2) is 220 Å². The van der Waals surface area contributed by atoms with Gasteiger partial charge in [0.15, 0.2) is 22.8 Å². The lowest BCUT2D eigenvalue weighted by atomic mass is 10.2. The lowest BCUT2D eigenvalue weighted by Crippen LogP contribution is -2.41. The van der Waals surface area contributed by atoms with Crippen molar-refractivity contribution >= 4 is 88.0 Å². The van der Waals surface area contributed by atoms with Gasteiger partial charge in [-0.1, -0.05) is 11.6 Å². The predicted octanol–water partition coefficient (Wildman–Crippen LogP) is 3.35. The minimum absolute atomic E-state index is 0.00522. The first-order chi connectivity index (χ1) is 38.5. The summed E-state index contributed by atoms with van der Waals surface area (Å²) in [6, 6.07) is 6.66. The Hall–Kier alpha value is -6.25. The molecule has 442 valence electrons. The van der Waals surface area contributed by atoms with Gasteiger partial charge >= 0.3 is 23.9 Å². The fraction of sp³-hybridized carbons (Fsp3) is 0.583. The van der Waals surface area contributed by atoms with Crippen molar-refractivity contribution in [3.8, 4) is 0 Å². The number of carbonyl (C=O) groups is 4. The molecule has 8 N–H and O–H groups in total. The Labute approximate surface area is 477 Å². The molecule has 6 aliphatic rings. The quantitative estimate of drug-likeness (QED) is 0.0484. The number of nitrogen functional groups attached to an aromatic ring is 1. The van der Waals surface area contributed by atoms with Crippen molar-refractivity contribution in [1.29, 1.82) is 0 Å². The van der Waals surface area contributed by atoms with Crippen molar-refractivity contribution in [3.63, 3.8) is 0 Å². The summed E-state index contributed by atoms with van der Waals surface area (Å²) < 4.78 is 48.5. The van der Waals surface area contributed by atoms with Crippen LogP contribution in [0.5, 0.6) is 0 Å². The third-order valence-corrected chi connectivity index (χ3v) is 11.2. The van der Waals surface area contributed by atoms with Crippen LogP contribution in [0.3, 0.4) is 0 Å². The number of carbonyl (C=O) groups excluding carboxylic acids is 3. The van der Waals surface area contributed by atoms with E-state index in [4.69, 9.17) is 84.5 Å². The zero-order valence-electron chi connectivity index (χ0n) is 45.0. The Balaban J connectivity index is 0.000000212. The predicted molar refractivity (Wildman–Crippen MR) is 292 cm³/mol. The molecule has 10 heterocycles. The molecular weight excluding hydrogens is 1120 g/mol. The number of nitrogens with two attached hydrogens (primary N) is 2. The Bertz CT molecular complexity index is 2420. The first kappa shape index (κ1) is 66.3. The monoisotopic (exact) mass is 1190 g/mol. The number of hydrogen-bond donors (Lipinski definition) is 6. The summed E-state index contributed by atoms with van der Waals surface area (Å²) in [4.78, 5) is 77.6. The smallest absolute Gasteiger partial charge is 0.356 e. The zero-order valence-corrected chi connectivity index (χ0v) is 47.3. The molecule has 6 fully saturated rings. The number of aromatic nitrogens is 8. The largest absolute Gasteiger partial charge is 0.477 e. The summed E-state index contributed by atoms with van der Waals surface area (Å²) >= 11 is 16.6. The lowest BCUT2D eigenvalue weighted by molar-refractivity contribution is 0.0121. The van der Waals surface area contributed by atoms with Crippen LogP contribution in [0.2, 0.25) is 15.7 Å². The average Bonchev–Trinajstić information content (AvgIpc) is 3.42. The summed E-state index contributed by atoms with van der Waals surface area (Å²) in [6.45, 7) is 15.4. The highest BCUT2D eigenvalue weighted by Gasteiger charge is 2.24. The number of carboxylic acid groups (broad SMARTS) is 1. The Kier molecular flexibility index (Phi) is 30.6. The van der Waals surface area contributed by atoms with Crippen LogP contribution in [-0.2, 0) is 47.4 Å². The molecule has 4 aromatic heterocycles. The first-order valence-electron chi connectivity index (χ1n) is 25.1. The maximum Gasteiger partial charge on any atom is 0.356 e. The van der Waals surface area contributed by atoms with Crippen LogP contribution < -0.4 is 32.3 Å². The van der Waals surface area contributed by atoms with Crippen LogP contribution in [0.25, 0.3) is 0 Å². The van der Waals surface area contributed by atoms with Gasteiger partial charge in [-0.3, -0.25) is 0 Å². The van der Waals surface area contributed by atoms with Crippen molar-refractivity contribution in [2.45, 2.75) is 57.3 Å². The van der Waals surface area contributed by atoms with Crippen molar-refractivity contribution in [3.05, 3.63) is 62.8 Å². The van der Waals surface area contributed by atoms with Gasteiger partial charge in [-0.05, 0) is 56.3 Å². The third-order valence-electron chi connectivity index (χ3n) is 10.6. The molecule has 0 saturated carbocycles. The third kappa shape index (κ3) is 25.0. The van der Waals surface area contributed by atoms with E-state index in [-0.39, 0.29) is 62.6 Å². The summed E-state index contributed by atoms with van der Waals surface area (Å²) in [5, 5.41) is 18.5. The summed E-state index contributed by atoms with van der Waals surface area (Å²) in [5.41, 5.74) is 11.0. The van der Waals surface area contributed by atoms with Gasteiger partial charge in [0.2, 0.25) is 22.5 Å². The molecule has 0 spiro atoms. The van der Waals surface area contributed by atoms with Gasteiger partial charge in [-0.15, -0.1) is 0 Å². The molecule has 32 heteroatoms. The van der Waals surface area contributed by atoms with Crippen LogP contribution in [0.4, 0.5) is 29.4 Å². The van der Waals surface area contributed by atoms with Gasteiger partial charge in [-0.25, -0.2) is 49.1 Å². The molecule has 0 amide bonds. The molecule has 4 aromatic rings. The summed E-state index contributed by atoms with van der Waals surface area (Å²) in [5.74, 6) is -0.765. The molecule has 0 bridgehead atoms. The molecule has 10 rings (SSSR count). The van der Waals surface area contributed by atoms with E-state index in [1.807, 2.05) is 18.7 Å². The van der Waals surface area contributed by atoms with Crippen LogP contribution in [0, 0.1) is 0 Å². The van der Waals surface area contributed by atoms with E-state index in [1.165, 1.54) is 64.9 Å². The molecule has 0 aromatic carbocycles. The number of morpholine rings is 1. The second kappa shape index (κ2) is 36.9. The molecule has 29 nitrogen and oxygen atoms in total. The SMILES string of the molecule is C1CCOCC1.CCOCC.COC(=O)c1cc(Cl)nc(Cl)n1.COC(=O)c1cc(NC2COC2)nc(Cl)n1.COC(=O)c1cc(NC2COC2)nc(N)n1.NC1COC1.O=C(O)c1cc(NC2COC2)nc(N2CCOCC2)n1. The van der Waals surface area contributed by atoms with Gasteiger partial charge in [-0.2, -0.15) is 9.97 Å². The Morgan fingerprint density at radius 1 is 0.562 bits per heavy atom. The molecule has 0 unspecified atom stereocenters. The first-order valence-corrected chi connectivity index (χ1v) is 26.3. The van der Waals surface area contributed by atoms with E-state index in [0.717, 1.165) is 39.6 Å². The number of aromatic carboxylic acids is 1. The molecule has 0 radical (unpaired) electrons. The van der Waals surface area contributed by atoms with Crippen molar-refractivity contribution < 1.29 is 71.7 Å². The van der Waals surface area contributed by atoms with Gasteiger partial charge in [0.1, 0.15) is 22.6 Å². The van der Waals surface area contributed by atoms with Crippen molar-refractivity contribution in [2.24, 2.45) is 5.73 Å². The minimum Gasteiger partial charge on any atom is -0.477 e. The van der Waals surface area contributed by atoms with E-state index in [1.54, 1.807) is 0 Å². The number of hydrogen-bond acceptors (Lipinski definition) is 28. The number of nitrogens with zero attached hydrogens (tertiary/aromatic N) is 9. The molecule has 6 aliphatic heterocycles. The number of nitrogens with one attached hydrogen (secondary N) is 3. The van der Waals surface area contributed by atoms with Crippen LogP contribution in [0.15, 0.2) is 24.3 Å². The molecule has 0 atom stereocenters. The summed E-state index contributed by atoms with van der Waals surface area (Å²) in [7, 11) is 3.81. The standard InChI is InChI=1S/C12H16N4O4.C9H10ClN3O3.C9H12N4O3.C6H4Cl2N2O2.C5H10O.C4H10O.C3H7NO/c17-11(18)9-5-10(13-8-6-20-7-8)15-12(14-9)16-1-3-19-4-2-16;2*1-15-8(14)6-2-7(13-9(10)12-6)11-5-3-16-4-5;1-12-5(11)3-2-4(7)10-6(8)9-3;1-2-4-6-5-3-1;1-3-5-4-2;4-3-1-5-2-3/h5,8H,1-4,6-7H2,(H,17,18)(H,13,14,15);2,5H,3-4H2,1H3,(H,11,12,13);2,5H,3-4H2,1H3,(H3,10,11,12,13);2H,1H3;1-5H2;3-4H2,1-2H3;3H,1-2,4H2. The second-order valence-electron chi connectivity index (χ2n) is 17.0. The zero-order chi connectivity index (χ0) is 58.2. The average molecular weight is 1190 g/mol. The van der Waals surface area contributed by atoms with E-state index in [0.29, 0.717) is 95.4 Å². The molecular formula is C48H69Cl3N14O15. The summed E-state index contributed by atoms with van der Waals surface area (Å²) in [6.07, 6.45) is 3.93. The van der Waals surface area contributed by atoms with Crippen molar-refractivity contribution in [2.75, 3.05) is 153 Å². The minimum atomic E-state index is -1.06. The number of esters is 3. The molecule has 0 aliphatic carbocycles. The van der Waals surface area contributed by atoms with Crippen LogP contribution in [0.1, 0.15) is 75.1 Å². The van der Waals surface area contributed by atoms with E-state index < -0.39 is 23.9 Å². The topological polar surface area (TPSA) is 375 Å². The van der Waals surface area contributed by atoms with E-state index in [2.05, 4.69) is 70.0 Å². The van der Waals surface area contributed by atoms with Crippen molar-refractivity contribution in [1.82, 2.24) is 39.9 Å². The highest BCUT2D eigenvalue weighted by molar-refractivity contribution is 6.32. The molecule has 80 heavy (non-hydrogen) atoms. The number of ether oxygens (including phenoxy) is 10. The Morgan fingerprint density at radius 2 is 0.975 bits per heavy atom. The highest BCUT2D eigenvalue weighted by atomic mass is 35.5. The van der Waals surface area contributed by atoms with E-state index in [9.17, 15) is 19.2 Å². The Morgan fingerprint density at radius 3 is 1.34 bits per heavy atom. The van der Waals surface area contributed by atoms with Gasteiger partial charge in [0, 0.05) is 63.8 Å². The lowest BCUT2D eigenvalue weighted by Gasteiger charge is -2.29. The fourth-order valence-corrected chi connectivity index (χ4v) is 6.89. The number of carboxylic acids is 1. The van der Waals surface area contributed by atoms with Gasteiger partial charge < -0.3 is 84.8 Å². The second-order valence-corrected chi connectivity index (χ2v) is 18.0. The maximum absolute atomic E-state index is 11.3. The van der Waals surface area contributed by atoms with Gasteiger partial charge in [0.05, 0.1) is 112 Å². The maximum atomic E-state index is 11.3. The number of rotatable bonds is 13. The normalized spacial score (nSPS) is 16.4. The molecule has 6 saturated heterocycles. The highest BCUT2D eigenvalue weighted by Crippen LogP contribution is 2.19. The number of methoxy groups -OCH3 is 3. The number of halogens is 3. The van der Waals surface area contributed by atoms with Crippen LogP contribution >= 0.6 is 34.8 Å².